The van der Waals surface area contributed by atoms with Crippen LogP contribution in [-0.2, 0) is 10.2 Å². The molecule has 5 nitrogen and oxygen atoms in total. The number of alkyl halides is 2. The molecule has 0 aromatic heterocycles. The number of ether oxygens (including phenoxy) is 2. The van der Waals surface area contributed by atoms with Gasteiger partial charge in [-0.15, -0.1) is 0 Å². The molecule has 1 aromatic carbocycles. The number of rotatable bonds is 3. The molecule has 0 aliphatic carbocycles. The van der Waals surface area contributed by atoms with Gasteiger partial charge in [0.25, 0.3) is 6.43 Å². The van der Waals surface area contributed by atoms with E-state index in [2.05, 4.69) is 4.90 Å². The van der Waals surface area contributed by atoms with Crippen molar-refractivity contribution in [3.8, 4) is 5.75 Å². The van der Waals surface area contributed by atoms with Crippen molar-refractivity contribution in [3.05, 3.63) is 29.6 Å². The Morgan fingerprint density at radius 3 is 2.53 bits per heavy atom. The number of carbonyl (C=O) groups is 1. The second-order valence-corrected chi connectivity index (χ2v) is 9.13. The Morgan fingerprint density at radius 2 is 1.87 bits per heavy atom. The molecule has 30 heavy (non-hydrogen) atoms. The number of fused-ring (bicyclic) bond motifs is 4. The summed E-state index contributed by atoms with van der Waals surface area (Å²) in [5.41, 5.74) is 0.894. The fraction of sp³-hybridized carbons (Fsp3) is 0.682. The largest absolute Gasteiger partial charge is 0.492 e. The van der Waals surface area contributed by atoms with Crippen LogP contribution in [0.2, 0.25) is 0 Å². The van der Waals surface area contributed by atoms with Gasteiger partial charge in [0.15, 0.2) is 6.61 Å². The molecule has 5 rings (SSSR count). The van der Waals surface area contributed by atoms with Crippen molar-refractivity contribution < 1.29 is 27.4 Å². The van der Waals surface area contributed by atoms with Gasteiger partial charge in [-0.3, -0.25) is 0 Å². The highest BCUT2D eigenvalue weighted by Crippen LogP contribution is 2.47. The number of carbonyl (C=O) groups excluding carboxylic acids is 1. The van der Waals surface area contributed by atoms with Crippen LogP contribution in [-0.4, -0.2) is 66.7 Å². The Morgan fingerprint density at radius 1 is 1.17 bits per heavy atom. The van der Waals surface area contributed by atoms with Crippen LogP contribution in [0.3, 0.4) is 0 Å². The summed E-state index contributed by atoms with van der Waals surface area (Å²) in [4.78, 5) is 16.5. The first-order valence-corrected chi connectivity index (χ1v) is 10.9. The number of halogens is 3. The van der Waals surface area contributed by atoms with Gasteiger partial charge in [0.05, 0.1) is 6.61 Å². The zero-order valence-electron chi connectivity index (χ0n) is 16.9. The molecule has 1 spiro atoms. The molecular weight excluding hydrogens is 397 g/mol. The lowest BCUT2D eigenvalue weighted by Gasteiger charge is -2.46. The van der Waals surface area contributed by atoms with Gasteiger partial charge in [0.2, 0.25) is 0 Å². The van der Waals surface area contributed by atoms with E-state index in [1.807, 2.05) is 0 Å². The zero-order chi connectivity index (χ0) is 20.9. The molecular formula is C22H27F3N2O3. The molecule has 0 N–H and O–H groups in total. The number of piperidine rings is 2. The number of hydrogen-bond donors (Lipinski definition) is 0. The normalized spacial score (nSPS) is 29.9. The highest BCUT2D eigenvalue weighted by atomic mass is 19.3. The standard InChI is InChI=1S/C22H27F3N2O3/c23-14-1-4-19-18(9-14)22(13-30-19)5-7-26(8-6-22)17-10-15-2-3-16(11-17)27(15)21(28)29-12-20(24)25/h1,4,9,15-17,20H,2-3,5-8,10-13H2. The zero-order valence-corrected chi connectivity index (χ0v) is 16.9. The first kappa shape index (κ1) is 20.0. The number of hydrogen-bond acceptors (Lipinski definition) is 4. The van der Waals surface area contributed by atoms with Crippen molar-refractivity contribution in [2.75, 3.05) is 26.3 Å². The lowest BCUT2D eigenvalue weighted by Crippen LogP contribution is -2.55. The van der Waals surface area contributed by atoms with Crippen LogP contribution in [0, 0.1) is 5.82 Å². The maximum absolute atomic E-state index is 13.8. The fourth-order valence-electron chi connectivity index (χ4n) is 6.02. The van der Waals surface area contributed by atoms with Gasteiger partial charge < -0.3 is 19.3 Å². The average Bonchev–Trinajstić information content (AvgIpc) is 3.21. The Balaban J connectivity index is 1.21. The smallest absolute Gasteiger partial charge is 0.410 e. The van der Waals surface area contributed by atoms with Crippen LogP contribution < -0.4 is 4.74 Å². The molecule has 4 aliphatic heterocycles. The van der Waals surface area contributed by atoms with Gasteiger partial charge in [-0.05, 0) is 69.8 Å². The second kappa shape index (κ2) is 7.62. The lowest BCUT2D eigenvalue weighted by molar-refractivity contribution is 0.00158. The maximum Gasteiger partial charge on any atom is 0.410 e. The molecule has 0 saturated carbocycles. The van der Waals surface area contributed by atoms with E-state index in [4.69, 9.17) is 9.47 Å². The van der Waals surface area contributed by atoms with Crippen LogP contribution >= 0.6 is 0 Å². The van der Waals surface area contributed by atoms with Gasteiger partial charge in [0, 0.05) is 29.1 Å². The monoisotopic (exact) mass is 424 g/mol. The average molecular weight is 424 g/mol. The van der Waals surface area contributed by atoms with E-state index in [0.29, 0.717) is 12.6 Å². The first-order valence-electron chi connectivity index (χ1n) is 10.9. The van der Waals surface area contributed by atoms with Crippen molar-refractivity contribution in [1.29, 1.82) is 0 Å². The molecule has 8 heteroatoms. The highest BCUT2D eigenvalue weighted by molar-refractivity contribution is 5.69. The molecule has 2 unspecified atom stereocenters. The van der Waals surface area contributed by atoms with E-state index in [1.54, 1.807) is 17.0 Å². The molecule has 4 heterocycles. The van der Waals surface area contributed by atoms with Crippen LogP contribution in [0.4, 0.5) is 18.0 Å². The summed E-state index contributed by atoms with van der Waals surface area (Å²) in [6.07, 6.45) is 2.14. The van der Waals surface area contributed by atoms with Crippen LogP contribution in [0.1, 0.15) is 44.1 Å². The van der Waals surface area contributed by atoms with E-state index in [-0.39, 0.29) is 23.3 Å². The van der Waals surface area contributed by atoms with Crippen LogP contribution in [0.15, 0.2) is 18.2 Å². The van der Waals surface area contributed by atoms with E-state index in [9.17, 15) is 18.0 Å². The van der Waals surface area contributed by atoms with E-state index < -0.39 is 19.1 Å². The van der Waals surface area contributed by atoms with Crippen molar-refractivity contribution >= 4 is 6.09 Å². The Hall–Kier alpha value is -1.96. The van der Waals surface area contributed by atoms with E-state index in [1.165, 1.54) is 6.07 Å². The summed E-state index contributed by atoms with van der Waals surface area (Å²) in [5, 5.41) is 0. The summed E-state index contributed by atoms with van der Waals surface area (Å²) >= 11 is 0. The van der Waals surface area contributed by atoms with Crippen molar-refractivity contribution in [1.82, 2.24) is 9.80 Å². The van der Waals surface area contributed by atoms with Crippen molar-refractivity contribution in [2.24, 2.45) is 0 Å². The molecule has 2 bridgehead atoms. The minimum Gasteiger partial charge on any atom is -0.492 e. The summed E-state index contributed by atoms with van der Waals surface area (Å²) in [5.74, 6) is 0.585. The molecule has 3 fully saturated rings. The minimum atomic E-state index is -2.64. The minimum absolute atomic E-state index is 0.0689. The van der Waals surface area contributed by atoms with Crippen molar-refractivity contribution in [3.63, 3.8) is 0 Å². The molecule has 164 valence electrons. The lowest BCUT2D eigenvalue weighted by atomic mass is 9.74. The fourth-order valence-corrected chi connectivity index (χ4v) is 6.02. The van der Waals surface area contributed by atoms with Gasteiger partial charge >= 0.3 is 6.09 Å². The first-order chi connectivity index (χ1) is 14.4. The Bertz CT molecular complexity index is 799. The SMILES string of the molecule is O=C(OCC(F)F)N1C2CCC1CC(N1CCC3(CC1)COc1ccc(F)cc13)C2. The van der Waals surface area contributed by atoms with Gasteiger partial charge in [-0.1, -0.05) is 0 Å². The molecule has 1 aromatic rings. The third-order valence-corrected chi connectivity index (χ3v) is 7.54. The number of nitrogens with zero attached hydrogens (tertiary/aromatic N) is 2. The maximum atomic E-state index is 13.8. The third-order valence-electron chi connectivity index (χ3n) is 7.54. The predicted molar refractivity (Wildman–Crippen MR) is 103 cm³/mol. The molecule has 4 aliphatic rings. The van der Waals surface area contributed by atoms with Gasteiger partial charge in [-0.2, -0.15) is 0 Å². The second-order valence-electron chi connectivity index (χ2n) is 9.13. The topological polar surface area (TPSA) is 42.0 Å². The third kappa shape index (κ3) is 3.43. The molecule has 1 amide bonds. The Labute approximate surface area is 174 Å². The number of benzene rings is 1. The molecule has 0 radical (unpaired) electrons. The summed E-state index contributed by atoms with van der Waals surface area (Å²) < 4.78 is 49.2. The van der Waals surface area contributed by atoms with Gasteiger partial charge in [0.1, 0.15) is 11.6 Å². The summed E-state index contributed by atoms with van der Waals surface area (Å²) in [7, 11) is 0. The van der Waals surface area contributed by atoms with Crippen LogP contribution in [0.5, 0.6) is 5.75 Å². The molecule has 2 atom stereocenters. The Kier molecular flexibility index (Phi) is 5.08. The van der Waals surface area contributed by atoms with E-state index >= 15 is 0 Å². The highest BCUT2D eigenvalue weighted by Gasteiger charge is 2.48. The van der Waals surface area contributed by atoms with Crippen molar-refractivity contribution in [2.45, 2.75) is 68.5 Å². The molecule has 3 saturated heterocycles. The predicted octanol–water partition coefficient (Wildman–Crippen LogP) is 3.95. The quantitative estimate of drug-likeness (QED) is 0.737. The summed E-state index contributed by atoms with van der Waals surface area (Å²) in [6, 6.07) is 5.32. The van der Waals surface area contributed by atoms with Gasteiger partial charge in [-0.25, -0.2) is 18.0 Å². The number of amides is 1. The summed E-state index contributed by atoms with van der Waals surface area (Å²) in [6.45, 7) is 1.61. The van der Waals surface area contributed by atoms with Crippen LogP contribution in [0.25, 0.3) is 0 Å². The number of likely N-dealkylation sites (tertiary alicyclic amines) is 1. The van der Waals surface area contributed by atoms with E-state index in [0.717, 1.165) is 62.9 Å².